The summed E-state index contributed by atoms with van der Waals surface area (Å²) >= 11 is 0. The standard InChI is InChI=1S/C15H12F4N6O/c1-2-11-10(7-20-25(11)9-5-3-8(16)4-6-9)12(26)21-14-22-13(23-24-14)15(17,18)19/h3-7H,2H2,1H3,(H2,21,22,23,24,26). The average molecular weight is 368 g/mol. The van der Waals surface area contributed by atoms with Crippen molar-refractivity contribution in [2.75, 3.05) is 5.32 Å². The number of benzene rings is 1. The number of H-pyrrole nitrogens is 1. The number of aromatic amines is 1. The number of nitrogens with one attached hydrogen (secondary N) is 2. The normalized spacial score (nSPS) is 11.6. The molecule has 26 heavy (non-hydrogen) atoms. The maximum absolute atomic E-state index is 13.1. The number of anilines is 1. The quantitative estimate of drug-likeness (QED) is 0.693. The number of hydrogen-bond donors (Lipinski definition) is 2. The number of alkyl halides is 3. The van der Waals surface area contributed by atoms with Gasteiger partial charge in [0, 0.05) is 0 Å². The monoisotopic (exact) mass is 368 g/mol. The summed E-state index contributed by atoms with van der Waals surface area (Å²) in [7, 11) is 0. The lowest BCUT2D eigenvalue weighted by Gasteiger charge is -2.07. The molecular weight excluding hydrogens is 356 g/mol. The molecule has 0 aliphatic rings. The highest BCUT2D eigenvalue weighted by atomic mass is 19.4. The van der Waals surface area contributed by atoms with Gasteiger partial charge >= 0.3 is 6.18 Å². The predicted molar refractivity (Wildman–Crippen MR) is 82.2 cm³/mol. The second-order valence-corrected chi connectivity index (χ2v) is 5.21. The van der Waals surface area contributed by atoms with E-state index in [4.69, 9.17) is 0 Å². The summed E-state index contributed by atoms with van der Waals surface area (Å²) in [5.41, 5.74) is 1.19. The van der Waals surface area contributed by atoms with Crippen molar-refractivity contribution in [1.29, 1.82) is 0 Å². The van der Waals surface area contributed by atoms with Crippen LogP contribution < -0.4 is 5.32 Å². The van der Waals surface area contributed by atoms with Crippen molar-refractivity contribution in [1.82, 2.24) is 25.0 Å². The van der Waals surface area contributed by atoms with Crippen LogP contribution in [0.25, 0.3) is 5.69 Å². The second kappa shape index (κ2) is 6.58. The Kier molecular flexibility index (Phi) is 4.45. The van der Waals surface area contributed by atoms with Gasteiger partial charge in [-0.2, -0.15) is 23.3 Å². The van der Waals surface area contributed by atoms with Gasteiger partial charge < -0.3 is 0 Å². The van der Waals surface area contributed by atoms with Gasteiger partial charge in [-0.3, -0.25) is 15.2 Å². The first kappa shape index (κ1) is 17.6. The van der Waals surface area contributed by atoms with Crippen LogP contribution in [-0.2, 0) is 12.6 Å². The van der Waals surface area contributed by atoms with Crippen LogP contribution in [0.3, 0.4) is 0 Å². The maximum atomic E-state index is 13.1. The molecule has 2 heterocycles. The van der Waals surface area contributed by atoms with Gasteiger partial charge in [0.05, 0.1) is 23.1 Å². The molecule has 1 aromatic carbocycles. The van der Waals surface area contributed by atoms with Gasteiger partial charge in [-0.15, -0.1) is 5.10 Å². The molecule has 2 aromatic heterocycles. The number of amides is 1. The number of hydrogen-bond acceptors (Lipinski definition) is 4. The van der Waals surface area contributed by atoms with Crippen molar-refractivity contribution < 1.29 is 22.4 Å². The lowest BCUT2D eigenvalue weighted by Crippen LogP contribution is -2.15. The molecule has 2 N–H and O–H groups in total. The number of carbonyl (C=O) groups excluding carboxylic acids is 1. The summed E-state index contributed by atoms with van der Waals surface area (Å²) in [4.78, 5) is 15.5. The third-order valence-corrected chi connectivity index (χ3v) is 3.50. The SMILES string of the molecule is CCc1c(C(=O)Nc2n[nH]c(C(F)(F)F)n2)cnn1-c1ccc(F)cc1. The molecular formula is C15H12F4N6O. The number of rotatable bonds is 4. The molecule has 11 heteroatoms. The summed E-state index contributed by atoms with van der Waals surface area (Å²) in [5.74, 6) is -2.94. The molecule has 3 aromatic rings. The van der Waals surface area contributed by atoms with Crippen molar-refractivity contribution in [2.45, 2.75) is 19.5 Å². The third kappa shape index (κ3) is 3.41. The Morgan fingerprint density at radius 1 is 1.27 bits per heavy atom. The third-order valence-electron chi connectivity index (χ3n) is 3.50. The fourth-order valence-electron chi connectivity index (χ4n) is 2.32. The zero-order valence-electron chi connectivity index (χ0n) is 13.3. The number of aromatic nitrogens is 5. The minimum absolute atomic E-state index is 0.148. The maximum Gasteiger partial charge on any atom is 0.451 e. The average Bonchev–Trinajstić information content (AvgIpc) is 3.21. The highest BCUT2D eigenvalue weighted by Gasteiger charge is 2.35. The first-order valence-electron chi connectivity index (χ1n) is 7.43. The lowest BCUT2D eigenvalue weighted by atomic mass is 10.2. The Hall–Kier alpha value is -3.24. The van der Waals surface area contributed by atoms with Crippen LogP contribution in [0.5, 0.6) is 0 Å². The van der Waals surface area contributed by atoms with Crippen molar-refractivity contribution in [3.8, 4) is 5.69 Å². The smallest absolute Gasteiger partial charge is 0.289 e. The van der Waals surface area contributed by atoms with Crippen molar-refractivity contribution >= 4 is 11.9 Å². The van der Waals surface area contributed by atoms with Gasteiger partial charge in [0.2, 0.25) is 11.8 Å². The Balaban J connectivity index is 1.86. The van der Waals surface area contributed by atoms with E-state index >= 15 is 0 Å². The molecule has 7 nitrogen and oxygen atoms in total. The molecule has 0 bridgehead atoms. The van der Waals surface area contributed by atoms with Crippen LogP contribution in [0.4, 0.5) is 23.5 Å². The molecule has 0 aliphatic carbocycles. The summed E-state index contributed by atoms with van der Waals surface area (Å²) in [6, 6.07) is 5.49. The van der Waals surface area contributed by atoms with Gasteiger partial charge in [-0.1, -0.05) is 6.92 Å². The first-order chi connectivity index (χ1) is 12.3. The Morgan fingerprint density at radius 3 is 2.54 bits per heavy atom. The molecule has 0 spiro atoms. The van der Waals surface area contributed by atoms with Crippen molar-refractivity contribution in [3.05, 3.63) is 53.4 Å². The molecule has 0 fully saturated rings. The van der Waals surface area contributed by atoms with E-state index in [1.54, 1.807) is 12.0 Å². The number of nitrogens with zero attached hydrogens (tertiary/aromatic N) is 4. The zero-order valence-corrected chi connectivity index (χ0v) is 13.3. The molecule has 3 rings (SSSR count). The van der Waals surface area contributed by atoms with E-state index < -0.39 is 29.7 Å². The zero-order chi connectivity index (χ0) is 18.9. The fraction of sp³-hybridized carbons (Fsp3) is 0.200. The van der Waals surface area contributed by atoms with Gasteiger partial charge in [0.1, 0.15) is 5.82 Å². The molecule has 0 saturated carbocycles. The summed E-state index contributed by atoms with van der Waals surface area (Å²) in [6.07, 6.45) is -3.02. The number of carbonyl (C=O) groups is 1. The van der Waals surface area contributed by atoms with E-state index in [9.17, 15) is 22.4 Å². The molecule has 0 unspecified atom stereocenters. The fourth-order valence-corrected chi connectivity index (χ4v) is 2.32. The first-order valence-corrected chi connectivity index (χ1v) is 7.43. The molecule has 0 radical (unpaired) electrons. The highest BCUT2D eigenvalue weighted by Crippen LogP contribution is 2.26. The van der Waals surface area contributed by atoms with Crippen molar-refractivity contribution in [3.63, 3.8) is 0 Å². The van der Waals surface area contributed by atoms with E-state index in [0.717, 1.165) is 0 Å². The largest absolute Gasteiger partial charge is 0.451 e. The lowest BCUT2D eigenvalue weighted by molar-refractivity contribution is -0.144. The van der Waals surface area contributed by atoms with Crippen LogP contribution in [0.1, 0.15) is 28.8 Å². The Bertz CT molecular complexity index is 929. The van der Waals surface area contributed by atoms with Crippen LogP contribution in [0.15, 0.2) is 30.5 Å². The van der Waals surface area contributed by atoms with Gasteiger partial charge in [-0.05, 0) is 30.7 Å². The molecule has 0 aliphatic heterocycles. The van der Waals surface area contributed by atoms with Gasteiger partial charge in [0.25, 0.3) is 5.91 Å². The summed E-state index contributed by atoms with van der Waals surface area (Å²) in [6.45, 7) is 1.78. The van der Waals surface area contributed by atoms with Crippen LogP contribution in [0.2, 0.25) is 0 Å². The molecule has 0 atom stereocenters. The summed E-state index contributed by atoms with van der Waals surface area (Å²) < 4.78 is 52.0. The molecule has 136 valence electrons. The minimum atomic E-state index is -4.70. The van der Waals surface area contributed by atoms with E-state index in [2.05, 4.69) is 20.5 Å². The van der Waals surface area contributed by atoms with Gasteiger partial charge in [0.15, 0.2) is 0 Å². The van der Waals surface area contributed by atoms with E-state index in [0.29, 0.717) is 17.8 Å². The van der Waals surface area contributed by atoms with E-state index in [1.165, 1.54) is 35.1 Å². The second-order valence-electron chi connectivity index (χ2n) is 5.21. The minimum Gasteiger partial charge on any atom is -0.289 e. The topological polar surface area (TPSA) is 88.5 Å². The molecule has 0 saturated heterocycles. The van der Waals surface area contributed by atoms with Crippen molar-refractivity contribution in [2.24, 2.45) is 0 Å². The van der Waals surface area contributed by atoms with E-state index in [-0.39, 0.29) is 5.56 Å². The van der Waals surface area contributed by atoms with Crippen LogP contribution >= 0.6 is 0 Å². The van der Waals surface area contributed by atoms with Crippen LogP contribution in [0, 0.1) is 5.82 Å². The number of halogens is 4. The molecule has 1 amide bonds. The van der Waals surface area contributed by atoms with E-state index in [1.807, 2.05) is 0 Å². The Labute approximate surface area is 144 Å². The summed E-state index contributed by atoms with van der Waals surface area (Å²) in [5, 5.41) is 11.3. The predicted octanol–water partition coefficient (Wildman–Crippen LogP) is 2.96. The highest BCUT2D eigenvalue weighted by molar-refractivity contribution is 6.04. The van der Waals surface area contributed by atoms with Crippen LogP contribution in [-0.4, -0.2) is 30.9 Å². The van der Waals surface area contributed by atoms with Gasteiger partial charge in [-0.25, -0.2) is 9.07 Å². The Morgan fingerprint density at radius 2 is 1.96 bits per heavy atom.